The number of fused-ring (bicyclic) bond motifs is 1. The second-order valence-electron chi connectivity index (χ2n) is 6.14. The second kappa shape index (κ2) is 9.10. The van der Waals surface area contributed by atoms with Crippen LogP contribution in [0.4, 0.5) is 5.69 Å². The average molecular weight is 435 g/mol. The third kappa shape index (κ3) is 4.93. The zero-order chi connectivity index (χ0) is 19.2. The van der Waals surface area contributed by atoms with Crippen molar-refractivity contribution in [1.82, 2.24) is 4.90 Å². The molecule has 144 valence electrons. The first-order valence-electron chi connectivity index (χ1n) is 8.84. The zero-order valence-electron chi connectivity index (χ0n) is 15.5. The molecule has 0 spiro atoms. The number of carbonyl (C=O) groups is 1. The van der Waals surface area contributed by atoms with E-state index in [4.69, 9.17) is 14.2 Å². The summed E-state index contributed by atoms with van der Waals surface area (Å²) in [6.45, 7) is 4.76. The maximum Gasteiger partial charge on any atom is 0.238 e. The third-order valence-electron chi connectivity index (χ3n) is 4.30. The van der Waals surface area contributed by atoms with Crippen molar-refractivity contribution < 1.29 is 19.0 Å². The highest BCUT2D eigenvalue weighted by molar-refractivity contribution is 9.10. The molecule has 7 heteroatoms. The quantitative estimate of drug-likeness (QED) is 0.719. The number of carbonyl (C=O) groups excluding carboxylic acids is 1. The summed E-state index contributed by atoms with van der Waals surface area (Å²) in [4.78, 5) is 14.5. The van der Waals surface area contributed by atoms with E-state index in [0.717, 1.165) is 28.1 Å². The molecule has 2 aromatic rings. The van der Waals surface area contributed by atoms with E-state index in [1.807, 2.05) is 43.3 Å². The van der Waals surface area contributed by atoms with Crippen LogP contribution in [0.25, 0.3) is 0 Å². The van der Waals surface area contributed by atoms with E-state index >= 15 is 0 Å². The molecule has 0 saturated heterocycles. The van der Waals surface area contributed by atoms with E-state index in [0.29, 0.717) is 31.2 Å². The summed E-state index contributed by atoms with van der Waals surface area (Å²) in [6, 6.07) is 11.3. The summed E-state index contributed by atoms with van der Waals surface area (Å²) < 4.78 is 17.5. The first kappa shape index (κ1) is 19.5. The second-order valence-corrected chi connectivity index (χ2v) is 6.99. The van der Waals surface area contributed by atoms with Gasteiger partial charge < -0.3 is 19.5 Å². The Morgan fingerprint density at radius 1 is 1.22 bits per heavy atom. The molecule has 1 aliphatic rings. The van der Waals surface area contributed by atoms with Crippen LogP contribution in [-0.2, 0) is 11.3 Å². The molecule has 0 aliphatic carbocycles. The Morgan fingerprint density at radius 2 is 1.93 bits per heavy atom. The molecule has 0 bridgehead atoms. The van der Waals surface area contributed by atoms with Gasteiger partial charge in [-0.3, -0.25) is 9.69 Å². The molecule has 1 heterocycles. The fourth-order valence-electron chi connectivity index (χ4n) is 2.89. The van der Waals surface area contributed by atoms with Crippen LogP contribution < -0.4 is 19.5 Å². The first-order chi connectivity index (χ1) is 13.1. The van der Waals surface area contributed by atoms with Crippen molar-refractivity contribution in [3.05, 3.63) is 46.4 Å². The molecule has 1 amide bonds. The van der Waals surface area contributed by atoms with Crippen molar-refractivity contribution in [3.8, 4) is 17.2 Å². The number of rotatable bonds is 7. The van der Waals surface area contributed by atoms with E-state index in [1.165, 1.54) is 0 Å². The van der Waals surface area contributed by atoms with Crippen molar-refractivity contribution in [2.45, 2.75) is 13.5 Å². The predicted octanol–water partition coefficient (Wildman–Crippen LogP) is 3.69. The molecule has 0 unspecified atom stereocenters. The summed E-state index contributed by atoms with van der Waals surface area (Å²) >= 11 is 3.59. The fourth-order valence-corrected chi connectivity index (χ4v) is 3.34. The molecule has 1 N–H and O–H groups in total. The Hall–Kier alpha value is -2.25. The SMILES string of the molecule is CCN(CC(=O)Nc1ccccc1OC)Cc1cc2c(cc1Br)OCCO2. The minimum atomic E-state index is -0.0879. The minimum Gasteiger partial charge on any atom is -0.495 e. The first-order valence-corrected chi connectivity index (χ1v) is 9.63. The van der Waals surface area contributed by atoms with Crippen molar-refractivity contribution in [2.75, 3.05) is 38.7 Å². The Bertz CT molecular complexity index is 813. The van der Waals surface area contributed by atoms with Gasteiger partial charge in [-0.2, -0.15) is 0 Å². The van der Waals surface area contributed by atoms with Crippen LogP contribution in [-0.4, -0.2) is 44.2 Å². The summed E-state index contributed by atoms with van der Waals surface area (Å²) in [5.41, 5.74) is 1.72. The lowest BCUT2D eigenvalue weighted by atomic mass is 10.1. The Morgan fingerprint density at radius 3 is 2.63 bits per heavy atom. The van der Waals surface area contributed by atoms with Gasteiger partial charge in [-0.05, 0) is 36.4 Å². The molecule has 1 aliphatic heterocycles. The number of nitrogens with one attached hydrogen (secondary N) is 1. The van der Waals surface area contributed by atoms with Crippen LogP contribution in [0.1, 0.15) is 12.5 Å². The molecular weight excluding hydrogens is 412 g/mol. The van der Waals surface area contributed by atoms with E-state index in [9.17, 15) is 4.79 Å². The lowest BCUT2D eigenvalue weighted by Gasteiger charge is -2.23. The number of amides is 1. The minimum absolute atomic E-state index is 0.0879. The van der Waals surface area contributed by atoms with Gasteiger partial charge >= 0.3 is 0 Å². The summed E-state index contributed by atoms with van der Waals surface area (Å²) in [5, 5.41) is 2.91. The van der Waals surface area contributed by atoms with Gasteiger partial charge in [-0.25, -0.2) is 0 Å². The van der Waals surface area contributed by atoms with Crippen LogP contribution in [0.15, 0.2) is 40.9 Å². The molecule has 0 aromatic heterocycles. The number of para-hydroxylation sites is 2. The van der Waals surface area contributed by atoms with Gasteiger partial charge in [-0.15, -0.1) is 0 Å². The van der Waals surface area contributed by atoms with Crippen LogP contribution >= 0.6 is 15.9 Å². The molecular formula is C20H23BrN2O4. The number of likely N-dealkylation sites (N-methyl/N-ethyl adjacent to an activating group) is 1. The van der Waals surface area contributed by atoms with E-state index in [-0.39, 0.29) is 12.5 Å². The molecule has 6 nitrogen and oxygen atoms in total. The number of methoxy groups -OCH3 is 1. The number of hydrogen-bond acceptors (Lipinski definition) is 5. The Labute approximate surface area is 167 Å². The van der Waals surface area contributed by atoms with Crippen LogP contribution in [0, 0.1) is 0 Å². The molecule has 2 aromatic carbocycles. The standard InChI is InChI=1S/C20H23BrN2O4/c1-3-23(13-20(24)22-16-6-4-5-7-17(16)25-2)12-14-10-18-19(11-15(14)21)27-9-8-26-18/h4-7,10-11H,3,8-9,12-13H2,1-2H3,(H,22,24). The highest BCUT2D eigenvalue weighted by Gasteiger charge is 2.18. The van der Waals surface area contributed by atoms with Crippen molar-refractivity contribution >= 4 is 27.5 Å². The van der Waals surface area contributed by atoms with Gasteiger partial charge in [-0.1, -0.05) is 35.0 Å². The van der Waals surface area contributed by atoms with Gasteiger partial charge in [0.2, 0.25) is 5.91 Å². The summed E-state index contributed by atoms with van der Waals surface area (Å²) in [5.74, 6) is 2.04. The Kier molecular flexibility index (Phi) is 6.58. The number of ether oxygens (including phenoxy) is 3. The van der Waals surface area contributed by atoms with E-state index in [2.05, 4.69) is 26.1 Å². The monoisotopic (exact) mass is 434 g/mol. The maximum atomic E-state index is 12.5. The highest BCUT2D eigenvalue weighted by Crippen LogP contribution is 2.36. The summed E-state index contributed by atoms with van der Waals surface area (Å²) in [6.07, 6.45) is 0. The number of anilines is 1. The van der Waals surface area contributed by atoms with E-state index < -0.39 is 0 Å². The lowest BCUT2D eigenvalue weighted by Crippen LogP contribution is -2.33. The van der Waals surface area contributed by atoms with Gasteiger partial charge in [0.1, 0.15) is 19.0 Å². The van der Waals surface area contributed by atoms with Crippen LogP contribution in [0.2, 0.25) is 0 Å². The predicted molar refractivity (Wildman–Crippen MR) is 108 cm³/mol. The molecule has 3 rings (SSSR count). The van der Waals surface area contributed by atoms with Gasteiger partial charge in [0, 0.05) is 11.0 Å². The third-order valence-corrected chi connectivity index (χ3v) is 5.04. The van der Waals surface area contributed by atoms with Crippen molar-refractivity contribution in [3.63, 3.8) is 0 Å². The molecule has 0 radical (unpaired) electrons. The lowest BCUT2D eigenvalue weighted by molar-refractivity contribution is -0.117. The number of nitrogens with zero attached hydrogens (tertiary/aromatic N) is 1. The van der Waals surface area contributed by atoms with Crippen LogP contribution in [0.3, 0.4) is 0 Å². The number of benzene rings is 2. The van der Waals surface area contributed by atoms with Crippen molar-refractivity contribution in [2.24, 2.45) is 0 Å². The summed E-state index contributed by atoms with van der Waals surface area (Å²) in [7, 11) is 1.59. The van der Waals surface area contributed by atoms with Gasteiger partial charge in [0.15, 0.2) is 11.5 Å². The molecule has 0 atom stereocenters. The number of halogens is 1. The average Bonchev–Trinajstić information content (AvgIpc) is 2.68. The normalized spacial score (nSPS) is 12.7. The fraction of sp³-hybridized carbons (Fsp3) is 0.350. The Balaban J connectivity index is 1.66. The molecule has 27 heavy (non-hydrogen) atoms. The molecule has 0 saturated carbocycles. The zero-order valence-corrected chi connectivity index (χ0v) is 17.0. The van der Waals surface area contributed by atoms with Gasteiger partial charge in [0.05, 0.1) is 19.3 Å². The van der Waals surface area contributed by atoms with Gasteiger partial charge in [0.25, 0.3) is 0 Å². The molecule has 0 fully saturated rings. The number of hydrogen-bond donors (Lipinski definition) is 1. The smallest absolute Gasteiger partial charge is 0.238 e. The highest BCUT2D eigenvalue weighted by atomic mass is 79.9. The van der Waals surface area contributed by atoms with Crippen LogP contribution in [0.5, 0.6) is 17.2 Å². The largest absolute Gasteiger partial charge is 0.495 e. The van der Waals surface area contributed by atoms with E-state index in [1.54, 1.807) is 7.11 Å². The topological polar surface area (TPSA) is 60.0 Å². The van der Waals surface area contributed by atoms with Crippen molar-refractivity contribution in [1.29, 1.82) is 0 Å². The maximum absolute atomic E-state index is 12.5.